The van der Waals surface area contributed by atoms with Crippen LogP contribution in [0.1, 0.15) is 36.3 Å². The second-order valence-electron chi connectivity index (χ2n) is 6.27. The van der Waals surface area contributed by atoms with Gasteiger partial charge in [0.15, 0.2) is 0 Å². The van der Waals surface area contributed by atoms with Gasteiger partial charge in [0.05, 0.1) is 5.92 Å². The lowest BCUT2D eigenvalue weighted by Crippen LogP contribution is -2.43. The molecule has 1 aliphatic heterocycles. The number of rotatable bonds is 3. The van der Waals surface area contributed by atoms with Crippen LogP contribution in [0.5, 0.6) is 0 Å². The predicted molar refractivity (Wildman–Crippen MR) is 79.0 cm³/mol. The van der Waals surface area contributed by atoms with Crippen LogP contribution in [0.4, 0.5) is 0 Å². The van der Waals surface area contributed by atoms with Crippen LogP contribution >= 0.6 is 0 Å². The van der Waals surface area contributed by atoms with Crippen molar-refractivity contribution in [3.63, 3.8) is 0 Å². The molecule has 112 valence electrons. The van der Waals surface area contributed by atoms with Gasteiger partial charge in [0.2, 0.25) is 5.91 Å². The van der Waals surface area contributed by atoms with Gasteiger partial charge >= 0.3 is 5.97 Å². The standard InChI is InChI=1S/C17H21NO3/c1-11-5-2-3-7-13(11)14-9-15(14)16(19)18-8-4-6-12(10-18)17(20)21/h2-3,5,7,12,14-15H,4,6,8-10H2,1H3,(H,20,21)/t12-,14+,15+/m0/s1. The van der Waals surface area contributed by atoms with Crippen LogP contribution in [-0.4, -0.2) is 35.0 Å². The molecule has 21 heavy (non-hydrogen) atoms. The highest BCUT2D eigenvalue weighted by atomic mass is 16.4. The van der Waals surface area contributed by atoms with Crippen molar-refractivity contribution >= 4 is 11.9 Å². The van der Waals surface area contributed by atoms with E-state index in [-0.39, 0.29) is 11.8 Å². The van der Waals surface area contributed by atoms with Gasteiger partial charge in [0, 0.05) is 19.0 Å². The molecule has 2 aliphatic rings. The first-order chi connectivity index (χ1) is 10.1. The van der Waals surface area contributed by atoms with Crippen molar-refractivity contribution in [3.05, 3.63) is 35.4 Å². The van der Waals surface area contributed by atoms with E-state index in [9.17, 15) is 9.59 Å². The molecule has 0 spiro atoms. The average Bonchev–Trinajstić information content (AvgIpc) is 3.27. The highest BCUT2D eigenvalue weighted by Gasteiger charge is 2.47. The molecule has 4 nitrogen and oxygen atoms in total. The smallest absolute Gasteiger partial charge is 0.308 e. The van der Waals surface area contributed by atoms with Gasteiger partial charge < -0.3 is 10.0 Å². The van der Waals surface area contributed by atoms with E-state index in [1.54, 1.807) is 4.90 Å². The molecule has 1 saturated heterocycles. The quantitative estimate of drug-likeness (QED) is 0.929. The number of benzene rings is 1. The van der Waals surface area contributed by atoms with Gasteiger partial charge in [-0.2, -0.15) is 0 Å². The molecule has 1 saturated carbocycles. The SMILES string of the molecule is Cc1ccccc1[C@H]1C[C@H]1C(=O)N1CCC[C@H](C(=O)O)C1. The molecule has 3 rings (SSSR count). The predicted octanol–water partition coefficient (Wildman–Crippen LogP) is 2.42. The van der Waals surface area contributed by atoms with E-state index in [0.29, 0.717) is 25.4 Å². The minimum atomic E-state index is -0.779. The Morgan fingerprint density at radius 3 is 2.76 bits per heavy atom. The van der Waals surface area contributed by atoms with E-state index < -0.39 is 11.9 Å². The zero-order valence-corrected chi connectivity index (χ0v) is 12.3. The number of carboxylic acid groups (broad SMARTS) is 1. The van der Waals surface area contributed by atoms with Gasteiger partial charge in [0.25, 0.3) is 0 Å². The summed E-state index contributed by atoms with van der Waals surface area (Å²) in [5.74, 6) is -0.645. The maximum absolute atomic E-state index is 12.6. The molecule has 1 N–H and O–H groups in total. The Morgan fingerprint density at radius 1 is 1.29 bits per heavy atom. The van der Waals surface area contributed by atoms with Crippen LogP contribution in [0.2, 0.25) is 0 Å². The van der Waals surface area contributed by atoms with Gasteiger partial charge in [-0.05, 0) is 43.2 Å². The van der Waals surface area contributed by atoms with Gasteiger partial charge in [-0.25, -0.2) is 0 Å². The Bertz CT molecular complexity index is 569. The molecule has 0 bridgehead atoms. The lowest BCUT2D eigenvalue weighted by atomic mass is 9.97. The topological polar surface area (TPSA) is 57.6 Å². The fourth-order valence-electron chi connectivity index (χ4n) is 3.43. The summed E-state index contributed by atoms with van der Waals surface area (Å²) in [4.78, 5) is 25.4. The van der Waals surface area contributed by atoms with E-state index in [1.165, 1.54) is 11.1 Å². The number of carboxylic acids is 1. The largest absolute Gasteiger partial charge is 0.481 e. The number of aryl methyl sites for hydroxylation is 1. The van der Waals surface area contributed by atoms with Crippen molar-refractivity contribution in [2.75, 3.05) is 13.1 Å². The van der Waals surface area contributed by atoms with Crippen LogP contribution in [0.3, 0.4) is 0 Å². The number of likely N-dealkylation sites (tertiary alicyclic amines) is 1. The Hall–Kier alpha value is -1.84. The van der Waals surface area contributed by atoms with Crippen LogP contribution in [0.15, 0.2) is 24.3 Å². The van der Waals surface area contributed by atoms with Crippen LogP contribution in [-0.2, 0) is 9.59 Å². The first kappa shape index (κ1) is 14.1. The van der Waals surface area contributed by atoms with Crippen molar-refractivity contribution in [1.82, 2.24) is 4.90 Å². The monoisotopic (exact) mass is 287 g/mol. The molecule has 0 unspecified atom stereocenters. The third-order valence-electron chi connectivity index (χ3n) is 4.78. The van der Waals surface area contributed by atoms with E-state index in [2.05, 4.69) is 19.1 Å². The summed E-state index contributed by atoms with van der Waals surface area (Å²) in [6.07, 6.45) is 2.38. The van der Waals surface area contributed by atoms with Crippen LogP contribution in [0.25, 0.3) is 0 Å². The van der Waals surface area contributed by atoms with Gasteiger partial charge in [0.1, 0.15) is 0 Å². The Kier molecular flexibility index (Phi) is 3.70. The van der Waals surface area contributed by atoms with E-state index in [1.807, 2.05) is 12.1 Å². The highest BCUT2D eigenvalue weighted by molar-refractivity contribution is 5.84. The number of amides is 1. The molecule has 0 radical (unpaired) electrons. The number of hydrogen-bond donors (Lipinski definition) is 1. The second kappa shape index (κ2) is 5.51. The van der Waals surface area contributed by atoms with Crippen LogP contribution in [0, 0.1) is 18.8 Å². The number of piperidine rings is 1. The third-order valence-corrected chi connectivity index (χ3v) is 4.78. The number of carbonyl (C=O) groups is 2. The fraction of sp³-hybridized carbons (Fsp3) is 0.529. The normalized spacial score (nSPS) is 28.2. The summed E-state index contributed by atoms with van der Waals surface area (Å²) in [5, 5.41) is 9.12. The summed E-state index contributed by atoms with van der Waals surface area (Å²) in [7, 11) is 0. The van der Waals surface area contributed by atoms with Gasteiger partial charge in [-0.15, -0.1) is 0 Å². The van der Waals surface area contributed by atoms with Crippen molar-refractivity contribution in [3.8, 4) is 0 Å². The summed E-state index contributed by atoms with van der Waals surface area (Å²) < 4.78 is 0. The average molecular weight is 287 g/mol. The van der Waals surface area contributed by atoms with Crippen molar-refractivity contribution in [1.29, 1.82) is 0 Å². The highest BCUT2D eigenvalue weighted by Crippen LogP contribution is 2.49. The van der Waals surface area contributed by atoms with Crippen molar-refractivity contribution in [2.45, 2.75) is 32.1 Å². The first-order valence-electron chi connectivity index (χ1n) is 7.65. The lowest BCUT2D eigenvalue weighted by Gasteiger charge is -2.31. The van der Waals surface area contributed by atoms with Crippen molar-refractivity contribution < 1.29 is 14.7 Å². The van der Waals surface area contributed by atoms with Crippen LogP contribution < -0.4 is 0 Å². The molecule has 1 aromatic carbocycles. The van der Waals surface area contributed by atoms with E-state index in [0.717, 1.165) is 12.8 Å². The lowest BCUT2D eigenvalue weighted by molar-refractivity contribution is -0.146. The molecule has 2 fully saturated rings. The summed E-state index contributed by atoms with van der Waals surface area (Å²) in [5.41, 5.74) is 2.50. The maximum Gasteiger partial charge on any atom is 0.308 e. The minimum Gasteiger partial charge on any atom is -0.481 e. The molecule has 3 atom stereocenters. The Balaban J connectivity index is 1.65. The summed E-state index contributed by atoms with van der Waals surface area (Å²) >= 11 is 0. The number of nitrogens with zero attached hydrogens (tertiary/aromatic N) is 1. The number of aliphatic carboxylic acids is 1. The Morgan fingerprint density at radius 2 is 2.05 bits per heavy atom. The zero-order valence-electron chi connectivity index (χ0n) is 12.3. The maximum atomic E-state index is 12.6. The number of carbonyl (C=O) groups excluding carboxylic acids is 1. The first-order valence-corrected chi connectivity index (χ1v) is 7.65. The summed E-state index contributed by atoms with van der Waals surface area (Å²) in [6, 6.07) is 8.21. The molecule has 0 aromatic heterocycles. The molecular weight excluding hydrogens is 266 g/mol. The van der Waals surface area contributed by atoms with Gasteiger partial charge in [-0.3, -0.25) is 9.59 Å². The second-order valence-corrected chi connectivity index (χ2v) is 6.27. The zero-order chi connectivity index (χ0) is 15.0. The summed E-state index contributed by atoms with van der Waals surface area (Å²) in [6.45, 7) is 3.17. The molecule has 1 aliphatic carbocycles. The van der Waals surface area contributed by atoms with Crippen molar-refractivity contribution in [2.24, 2.45) is 11.8 Å². The minimum absolute atomic E-state index is 0.0543. The molecule has 1 heterocycles. The van der Waals surface area contributed by atoms with E-state index >= 15 is 0 Å². The fourth-order valence-corrected chi connectivity index (χ4v) is 3.43. The number of hydrogen-bond acceptors (Lipinski definition) is 2. The molecular formula is C17H21NO3. The Labute approximate surface area is 124 Å². The molecule has 4 heteroatoms. The molecule has 1 amide bonds. The van der Waals surface area contributed by atoms with E-state index in [4.69, 9.17) is 5.11 Å². The molecule has 1 aromatic rings. The third kappa shape index (κ3) is 2.80. The van der Waals surface area contributed by atoms with Gasteiger partial charge in [-0.1, -0.05) is 24.3 Å².